The summed E-state index contributed by atoms with van der Waals surface area (Å²) in [4.78, 5) is 43.7. The van der Waals surface area contributed by atoms with Crippen molar-refractivity contribution >= 4 is 17.8 Å². The number of esters is 2. The fourth-order valence-electron chi connectivity index (χ4n) is 3.82. The third-order valence-electron chi connectivity index (χ3n) is 5.46. The van der Waals surface area contributed by atoms with Crippen molar-refractivity contribution in [3.05, 3.63) is 71.8 Å². The molecule has 1 unspecified atom stereocenters. The Hall–Kier alpha value is -3.23. The molecule has 0 bridgehead atoms. The molecule has 2 saturated heterocycles. The van der Waals surface area contributed by atoms with Crippen molar-refractivity contribution in [1.29, 1.82) is 0 Å². The van der Waals surface area contributed by atoms with Crippen molar-refractivity contribution < 1.29 is 33.8 Å². The number of benzene rings is 2. The average Bonchev–Trinajstić information content (AvgIpc) is 3.37. The first-order chi connectivity index (χ1) is 15.0. The van der Waals surface area contributed by atoms with Gasteiger partial charge in [-0.2, -0.15) is 5.06 Å². The molecule has 0 spiro atoms. The van der Waals surface area contributed by atoms with Gasteiger partial charge in [-0.05, 0) is 17.5 Å². The highest BCUT2D eigenvalue weighted by atomic mass is 16.8. The minimum absolute atomic E-state index is 0.00717. The van der Waals surface area contributed by atoms with E-state index in [0.717, 1.165) is 16.2 Å². The number of amides is 1. The molecule has 2 heterocycles. The zero-order valence-corrected chi connectivity index (χ0v) is 16.8. The lowest BCUT2D eigenvalue weighted by atomic mass is 10.0. The predicted molar refractivity (Wildman–Crippen MR) is 107 cm³/mol. The first-order valence-electron chi connectivity index (χ1n) is 10.2. The number of hydrogen-bond acceptors (Lipinski definition) is 7. The van der Waals surface area contributed by atoms with E-state index in [1.807, 2.05) is 60.7 Å². The zero-order valence-electron chi connectivity index (χ0n) is 16.8. The van der Waals surface area contributed by atoms with E-state index in [0.29, 0.717) is 0 Å². The lowest BCUT2D eigenvalue weighted by molar-refractivity contribution is -0.260. The standard InChI is InChI=1S/C23H23NO7/c25-14-12-18-15-29-24(21(18)27)23(13-11-19(26)31-23)22(28)30-20(16-7-3-1-4-8-16)17-9-5-2-6-10-17/h1-10,18,20,25H,11-15H2/t18-,23?/m0/s1. The van der Waals surface area contributed by atoms with Crippen molar-refractivity contribution in [2.45, 2.75) is 31.1 Å². The highest BCUT2D eigenvalue weighted by Crippen LogP contribution is 2.38. The molecule has 1 amide bonds. The largest absolute Gasteiger partial charge is 0.448 e. The Morgan fingerprint density at radius 2 is 1.71 bits per heavy atom. The molecule has 2 atom stereocenters. The lowest BCUT2D eigenvalue weighted by Crippen LogP contribution is -2.56. The molecule has 0 radical (unpaired) electrons. The molecule has 1 N–H and O–H groups in total. The molecule has 162 valence electrons. The second kappa shape index (κ2) is 8.87. The SMILES string of the molecule is O=C1CCC(C(=O)OC(c2ccccc2)c2ccccc2)(N2OC[C@H](CCO)C2=O)O1. The number of aliphatic hydroxyl groups is 1. The molecule has 0 aromatic heterocycles. The molecular formula is C23H23NO7. The van der Waals surface area contributed by atoms with Gasteiger partial charge < -0.3 is 14.6 Å². The Morgan fingerprint density at radius 1 is 1.10 bits per heavy atom. The maximum atomic E-state index is 13.4. The van der Waals surface area contributed by atoms with Crippen LogP contribution in [0, 0.1) is 5.92 Å². The quantitative estimate of drug-likeness (QED) is 0.678. The van der Waals surface area contributed by atoms with E-state index >= 15 is 0 Å². The first kappa shape index (κ1) is 21.0. The molecule has 0 aliphatic carbocycles. The van der Waals surface area contributed by atoms with E-state index in [4.69, 9.17) is 14.3 Å². The Kier molecular flexibility index (Phi) is 6.01. The summed E-state index contributed by atoms with van der Waals surface area (Å²) in [6.07, 6.45) is -0.699. The second-order valence-corrected chi connectivity index (χ2v) is 7.50. The van der Waals surface area contributed by atoms with Gasteiger partial charge in [-0.15, -0.1) is 0 Å². The zero-order chi connectivity index (χ0) is 21.8. The summed E-state index contributed by atoms with van der Waals surface area (Å²) in [6.45, 7) is -0.207. The van der Waals surface area contributed by atoms with Crippen molar-refractivity contribution in [2.75, 3.05) is 13.2 Å². The third kappa shape index (κ3) is 4.04. The molecule has 4 rings (SSSR count). The maximum Gasteiger partial charge on any atom is 0.376 e. The van der Waals surface area contributed by atoms with Crippen LogP contribution in [0.4, 0.5) is 0 Å². The number of carbonyl (C=O) groups is 3. The van der Waals surface area contributed by atoms with Gasteiger partial charge in [0.2, 0.25) is 0 Å². The molecule has 2 aromatic carbocycles. The predicted octanol–water partition coefficient (Wildman–Crippen LogP) is 2.12. The Morgan fingerprint density at radius 3 is 2.23 bits per heavy atom. The van der Waals surface area contributed by atoms with E-state index in [1.165, 1.54) is 0 Å². The van der Waals surface area contributed by atoms with Gasteiger partial charge in [0.05, 0.1) is 18.9 Å². The van der Waals surface area contributed by atoms with Crippen molar-refractivity contribution in [1.82, 2.24) is 5.06 Å². The minimum Gasteiger partial charge on any atom is -0.448 e. The number of hydroxylamine groups is 2. The molecular weight excluding hydrogens is 402 g/mol. The van der Waals surface area contributed by atoms with Gasteiger partial charge in [0.1, 0.15) is 0 Å². The Bertz CT molecular complexity index is 909. The molecule has 8 heteroatoms. The first-order valence-corrected chi connectivity index (χ1v) is 10.2. The summed E-state index contributed by atoms with van der Waals surface area (Å²) < 4.78 is 11.2. The summed E-state index contributed by atoms with van der Waals surface area (Å²) in [5, 5.41) is 10.0. The summed E-state index contributed by atoms with van der Waals surface area (Å²) in [5.74, 6) is -2.63. The summed E-state index contributed by atoms with van der Waals surface area (Å²) >= 11 is 0. The molecule has 2 aromatic rings. The third-order valence-corrected chi connectivity index (χ3v) is 5.46. The summed E-state index contributed by atoms with van der Waals surface area (Å²) in [6, 6.07) is 18.3. The van der Waals surface area contributed by atoms with Crippen LogP contribution < -0.4 is 0 Å². The van der Waals surface area contributed by atoms with Gasteiger partial charge in [-0.3, -0.25) is 14.4 Å². The van der Waals surface area contributed by atoms with Crippen LogP contribution in [0.15, 0.2) is 60.7 Å². The molecule has 0 saturated carbocycles. The van der Waals surface area contributed by atoms with Gasteiger partial charge in [-0.25, -0.2) is 4.79 Å². The van der Waals surface area contributed by atoms with E-state index in [9.17, 15) is 19.5 Å². The smallest absolute Gasteiger partial charge is 0.376 e. The number of nitrogens with zero attached hydrogens (tertiary/aromatic N) is 1. The van der Waals surface area contributed by atoms with Crippen LogP contribution in [0.2, 0.25) is 0 Å². The van der Waals surface area contributed by atoms with E-state index < -0.39 is 35.6 Å². The van der Waals surface area contributed by atoms with Crippen LogP contribution in [0.3, 0.4) is 0 Å². The topological polar surface area (TPSA) is 102 Å². The van der Waals surface area contributed by atoms with Gasteiger partial charge >= 0.3 is 17.7 Å². The van der Waals surface area contributed by atoms with Gasteiger partial charge in [0, 0.05) is 13.0 Å². The van der Waals surface area contributed by atoms with Crippen LogP contribution in [-0.4, -0.2) is 47.0 Å². The van der Waals surface area contributed by atoms with Crippen LogP contribution in [0.1, 0.15) is 36.5 Å². The summed E-state index contributed by atoms with van der Waals surface area (Å²) in [5.41, 5.74) is -0.526. The van der Waals surface area contributed by atoms with Gasteiger partial charge in [-0.1, -0.05) is 60.7 Å². The van der Waals surface area contributed by atoms with E-state index in [-0.39, 0.29) is 32.5 Å². The van der Waals surface area contributed by atoms with Crippen molar-refractivity contribution in [2.24, 2.45) is 5.92 Å². The van der Waals surface area contributed by atoms with E-state index in [2.05, 4.69) is 0 Å². The fraction of sp³-hybridized carbons (Fsp3) is 0.348. The maximum absolute atomic E-state index is 13.4. The van der Waals surface area contributed by atoms with Crippen molar-refractivity contribution in [3.8, 4) is 0 Å². The fourth-order valence-corrected chi connectivity index (χ4v) is 3.82. The highest BCUT2D eigenvalue weighted by Gasteiger charge is 2.60. The van der Waals surface area contributed by atoms with E-state index in [1.54, 1.807) is 0 Å². The minimum atomic E-state index is -1.99. The monoisotopic (exact) mass is 425 g/mol. The number of rotatable bonds is 7. The Labute approximate surface area is 179 Å². The summed E-state index contributed by atoms with van der Waals surface area (Å²) in [7, 11) is 0. The molecule has 2 aliphatic heterocycles. The van der Waals surface area contributed by atoms with Crippen LogP contribution in [0.5, 0.6) is 0 Å². The highest BCUT2D eigenvalue weighted by molar-refractivity contribution is 5.92. The lowest BCUT2D eigenvalue weighted by Gasteiger charge is -2.34. The molecule has 8 nitrogen and oxygen atoms in total. The van der Waals surface area contributed by atoms with Crippen LogP contribution in [0.25, 0.3) is 0 Å². The van der Waals surface area contributed by atoms with Crippen molar-refractivity contribution in [3.63, 3.8) is 0 Å². The van der Waals surface area contributed by atoms with Gasteiger partial charge in [0.25, 0.3) is 5.91 Å². The average molecular weight is 425 g/mol. The van der Waals surface area contributed by atoms with Gasteiger partial charge in [0.15, 0.2) is 6.10 Å². The molecule has 2 aliphatic rings. The number of carbonyl (C=O) groups excluding carboxylic acids is 3. The molecule has 2 fully saturated rings. The van der Waals surface area contributed by atoms with Crippen LogP contribution in [-0.2, 0) is 28.7 Å². The number of ether oxygens (including phenoxy) is 2. The number of aliphatic hydroxyl groups excluding tert-OH is 1. The van der Waals surface area contributed by atoms with Crippen LogP contribution >= 0.6 is 0 Å². The number of cyclic esters (lactones) is 1. The number of hydrogen-bond donors (Lipinski definition) is 1. The molecule has 31 heavy (non-hydrogen) atoms. The normalized spacial score (nSPS) is 23.3. The Balaban J connectivity index is 1.66. The second-order valence-electron chi connectivity index (χ2n) is 7.50.